The molecule has 1 fully saturated rings. The van der Waals surface area contributed by atoms with Crippen molar-refractivity contribution in [2.24, 2.45) is 0 Å². The number of hydrogen-bond acceptors (Lipinski definition) is 3. The lowest BCUT2D eigenvalue weighted by Gasteiger charge is -2.34. The number of carbonyl (C=O) groups is 2. The fourth-order valence-corrected chi connectivity index (χ4v) is 2.58. The van der Waals surface area contributed by atoms with Crippen molar-refractivity contribution in [2.45, 2.75) is 32.2 Å². The van der Waals surface area contributed by atoms with Gasteiger partial charge >= 0.3 is 12.0 Å². The van der Waals surface area contributed by atoms with Crippen molar-refractivity contribution in [2.75, 3.05) is 18.5 Å². The number of hydrogen-bond donors (Lipinski definition) is 3. The zero-order chi connectivity index (χ0) is 15.4. The summed E-state index contributed by atoms with van der Waals surface area (Å²) in [6, 6.07) is 4.33. The Morgan fingerprint density at radius 2 is 2.14 bits per heavy atom. The van der Waals surface area contributed by atoms with Crippen LogP contribution in [0.5, 0.6) is 0 Å². The lowest BCUT2D eigenvalue weighted by Crippen LogP contribution is -2.47. The van der Waals surface area contributed by atoms with E-state index in [2.05, 4.69) is 5.32 Å². The van der Waals surface area contributed by atoms with Gasteiger partial charge in [0, 0.05) is 12.2 Å². The van der Waals surface area contributed by atoms with Gasteiger partial charge in [0.05, 0.1) is 18.2 Å². The highest BCUT2D eigenvalue weighted by atomic mass is 16.4. The minimum absolute atomic E-state index is 0.0539. The largest absolute Gasteiger partial charge is 0.478 e. The summed E-state index contributed by atoms with van der Waals surface area (Å²) in [7, 11) is 0. The molecule has 0 aromatic heterocycles. The predicted octanol–water partition coefficient (Wildman–Crippen LogP) is 2.07. The molecule has 6 heteroatoms. The average Bonchev–Trinajstić information content (AvgIpc) is 2.48. The van der Waals surface area contributed by atoms with Crippen LogP contribution in [0.1, 0.15) is 35.2 Å². The number of anilines is 1. The zero-order valence-electron chi connectivity index (χ0n) is 12.0. The molecule has 1 aliphatic heterocycles. The topological polar surface area (TPSA) is 89.9 Å². The number of carbonyl (C=O) groups excluding carboxylic acids is 1. The summed E-state index contributed by atoms with van der Waals surface area (Å²) in [5.41, 5.74) is 1.27. The van der Waals surface area contributed by atoms with Crippen LogP contribution in [0.2, 0.25) is 0 Å². The molecule has 1 saturated heterocycles. The molecule has 6 nitrogen and oxygen atoms in total. The molecule has 0 aliphatic carbocycles. The molecule has 1 aliphatic rings. The molecule has 21 heavy (non-hydrogen) atoms. The number of urea groups is 1. The highest BCUT2D eigenvalue weighted by molar-refractivity contribution is 5.94. The number of likely N-dealkylation sites (tertiary alicyclic amines) is 1. The second kappa shape index (κ2) is 6.58. The minimum atomic E-state index is -1.02. The normalized spacial score (nSPS) is 18.4. The second-order valence-electron chi connectivity index (χ2n) is 5.29. The number of aryl methyl sites for hydroxylation is 1. The standard InChI is InChI=1S/C15H20N2O4/c1-10-5-6-11(8-13(10)14(19)20)16-15(21)17-7-3-2-4-12(17)9-18/h5-6,8,12,18H,2-4,7,9H2,1H3,(H,16,21)(H,19,20). The molecule has 114 valence electrons. The summed E-state index contributed by atoms with van der Waals surface area (Å²) in [6.07, 6.45) is 2.71. The Morgan fingerprint density at radius 3 is 2.81 bits per heavy atom. The van der Waals surface area contributed by atoms with E-state index in [1.54, 1.807) is 24.0 Å². The lowest BCUT2D eigenvalue weighted by molar-refractivity contribution is 0.0696. The number of aliphatic hydroxyl groups excluding tert-OH is 1. The maximum atomic E-state index is 12.3. The highest BCUT2D eigenvalue weighted by Crippen LogP contribution is 2.20. The van der Waals surface area contributed by atoms with Crippen LogP contribution < -0.4 is 5.32 Å². The van der Waals surface area contributed by atoms with Gasteiger partial charge in [-0.1, -0.05) is 6.07 Å². The molecular weight excluding hydrogens is 272 g/mol. The molecule has 1 atom stereocenters. The van der Waals surface area contributed by atoms with E-state index in [1.807, 2.05) is 0 Å². The molecule has 3 N–H and O–H groups in total. The van der Waals surface area contributed by atoms with Crippen molar-refractivity contribution in [3.8, 4) is 0 Å². The van der Waals surface area contributed by atoms with Crippen LogP contribution in [0.3, 0.4) is 0 Å². The van der Waals surface area contributed by atoms with Crippen molar-refractivity contribution in [3.05, 3.63) is 29.3 Å². The number of benzene rings is 1. The Balaban J connectivity index is 2.12. The van der Waals surface area contributed by atoms with Gasteiger partial charge in [-0.05, 0) is 43.9 Å². The number of carboxylic acid groups (broad SMARTS) is 1. The first-order valence-corrected chi connectivity index (χ1v) is 7.05. The predicted molar refractivity (Wildman–Crippen MR) is 78.6 cm³/mol. The number of rotatable bonds is 3. The third kappa shape index (κ3) is 3.52. The maximum Gasteiger partial charge on any atom is 0.336 e. The van der Waals surface area contributed by atoms with Gasteiger partial charge in [-0.25, -0.2) is 9.59 Å². The zero-order valence-corrected chi connectivity index (χ0v) is 12.0. The van der Waals surface area contributed by atoms with E-state index in [4.69, 9.17) is 5.11 Å². The second-order valence-corrected chi connectivity index (χ2v) is 5.29. The molecule has 0 radical (unpaired) electrons. The molecule has 0 bridgehead atoms. The molecule has 2 rings (SSSR count). The van der Waals surface area contributed by atoms with Crippen LogP contribution in [0.25, 0.3) is 0 Å². The molecule has 2 amide bonds. The van der Waals surface area contributed by atoms with E-state index in [0.717, 1.165) is 19.3 Å². The van der Waals surface area contributed by atoms with Gasteiger partial charge in [0.2, 0.25) is 0 Å². The van der Waals surface area contributed by atoms with Crippen molar-refractivity contribution in [1.82, 2.24) is 4.90 Å². The highest BCUT2D eigenvalue weighted by Gasteiger charge is 2.26. The molecule has 1 unspecified atom stereocenters. The quantitative estimate of drug-likeness (QED) is 0.795. The van der Waals surface area contributed by atoms with Gasteiger partial charge in [0.1, 0.15) is 0 Å². The first-order chi connectivity index (χ1) is 10.0. The molecular formula is C15H20N2O4. The van der Waals surface area contributed by atoms with E-state index in [9.17, 15) is 14.7 Å². The van der Waals surface area contributed by atoms with Gasteiger partial charge in [-0.2, -0.15) is 0 Å². The number of piperidine rings is 1. The van der Waals surface area contributed by atoms with Crippen LogP contribution in [0.15, 0.2) is 18.2 Å². The first-order valence-electron chi connectivity index (χ1n) is 7.05. The Kier molecular flexibility index (Phi) is 4.80. The van der Waals surface area contributed by atoms with Crippen LogP contribution in [-0.4, -0.2) is 46.3 Å². The fourth-order valence-electron chi connectivity index (χ4n) is 2.58. The average molecular weight is 292 g/mol. The van der Waals surface area contributed by atoms with Crippen molar-refractivity contribution in [3.63, 3.8) is 0 Å². The third-order valence-corrected chi connectivity index (χ3v) is 3.82. The van der Waals surface area contributed by atoms with Crippen LogP contribution >= 0.6 is 0 Å². The SMILES string of the molecule is Cc1ccc(NC(=O)N2CCCCC2CO)cc1C(=O)O. The maximum absolute atomic E-state index is 12.3. The van der Waals surface area contributed by atoms with Gasteiger partial charge in [0.15, 0.2) is 0 Å². The smallest absolute Gasteiger partial charge is 0.336 e. The van der Waals surface area contributed by atoms with E-state index in [-0.39, 0.29) is 24.2 Å². The van der Waals surface area contributed by atoms with E-state index >= 15 is 0 Å². The van der Waals surface area contributed by atoms with Crippen LogP contribution in [0, 0.1) is 6.92 Å². The Bertz CT molecular complexity index is 544. The lowest BCUT2D eigenvalue weighted by atomic mass is 10.0. The minimum Gasteiger partial charge on any atom is -0.478 e. The van der Waals surface area contributed by atoms with Crippen molar-refractivity contribution >= 4 is 17.7 Å². The summed E-state index contributed by atoms with van der Waals surface area (Å²) < 4.78 is 0. The molecule has 0 saturated carbocycles. The number of nitrogens with zero attached hydrogens (tertiary/aromatic N) is 1. The van der Waals surface area contributed by atoms with E-state index < -0.39 is 5.97 Å². The number of nitrogens with one attached hydrogen (secondary N) is 1. The van der Waals surface area contributed by atoms with Crippen LogP contribution in [0.4, 0.5) is 10.5 Å². The van der Waals surface area contributed by atoms with Gasteiger partial charge in [0.25, 0.3) is 0 Å². The van der Waals surface area contributed by atoms with Gasteiger partial charge in [-0.15, -0.1) is 0 Å². The monoisotopic (exact) mass is 292 g/mol. The molecule has 1 aromatic rings. The summed E-state index contributed by atoms with van der Waals surface area (Å²) >= 11 is 0. The summed E-state index contributed by atoms with van der Waals surface area (Å²) in [5, 5.41) is 21.1. The van der Waals surface area contributed by atoms with Gasteiger partial charge in [-0.3, -0.25) is 0 Å². The molecule has 1 aromatic carbocycles. The molecule has 1 heterocycles. The van der Waals surface area contributed by atoms with E-state index in [0.29, 0.717) is 17.8 Å². The Labute approximate surface area is 123 Å². The summed E-state index contributed by atoms with van der Waals surface area (Å²) in [6.45, 7) is 2.26. The number of aliphatic hydroxyl groups is 1. The molecule has 0 spiro atoms. The van der Waals surface area contributed by atoms with Crippen molar-refractivity contribution < 1.29 is 19.8 Å². The fraction of sp³-hybridized carbons (Fsp3) is 0.467. The first kappa shape index (κ1) is 15.3. The number of aromatic carboxylic acids is 1. The van der Waals surface area contributed by atoms with E-state index in [1.165, 1.54) is 6.07 Å². The summed E-state index contributed by atoms with van der Waals surface area (Å²) in [5.74, 6) is -1.02. The van der Waals surface area contributed by atoms with Crippen LogP contribution in [-0.2, 0) is 0 Å². The number of carboxylic acids is 1. The Hall–Kier alpha value is -2.08. The summed E-state index contributed by atoms with van der Waals surface area (Å²) in [4.78, 5) is 25.0. The van der Waals surface area contributed by atoms with Gasteiger partial charge < -0.3 is 20.4 Å². The number of amides is 2. The Morgan fingerprint density at radius 1 is 1.38 bits per heavy atom. The van der Waals surface area contributed by atoms with Crippen molar-refractivity contribution in [1.29, 1.82) is 0 Å². The third-order valence-electron chi connectivity index (χ3n) is 3.82.